The van der Waals surface area contributed by atoms with Crippen molar-refractivity contribution in [3.05, 3.63) is 33.4 Å². The van der Waals surface area contributed by atoms with Crippen LogP contribution in [0.4, 0.5) is 5.69 Å². The summed E-state index contributed by atoms with van der Waals surface area (Å²) in [7, 11) is 2.00. The fourth-order valence-corrected chi connectivity index (χ4v) is 3.16. The van der Waals surface area contributed by atoms with Crippen molar-refractivity contribution >= 4 is 5.69 Å². The molecule has 0 radical (unpaired) electrons. The molecule has 0 N–H and O–H groups in total. The fraction of sp³-hybridized carbons (Fsp3) is 0.625. The van der Waals surface area contributed by atoms with Gasteiger partial charge >= 0.3 is 0 Å². The molecule has 1 atom stereocenters. The number of hydrogen-bond acceptors (Lipinski definition) is 6. The third-order valence-electron chi connectivity index (χ3n) is 4.21. The Bertz CT molecular complexity index is 572. The number of hydrogen-bond donors (Lipinski definition) is 0. The highest BCUT2D eigenvalue weighted by atomic mass is 16.7. The lowest BCUT2D eigenvalue weighted by Gasteiger charge is -2.28. The monoisotopic (exact) mass is 322 g/mol. The molecular formula is C16H22N2O5. The van der Waals surface area contributed by atoms with Gasteiger partial charge in [0.15, 0.2) is 6.79 Å². The molecule has 0 bridgehead atoms. The highest BCUT2D eigenvalue weighted by molar-refractivity contribution is 5.50. The van der Waals surface area contributed by atoms with Crippen molar-refractivity contribution in [3.63, 3.8) is 0 Å². The number of nitro groups is 1. The first-order valence-corrected chi connectivity index (χ1v) is 7.94. The number of nitrogens with zero attached hydrogens (tertiary/aromatic N) is 2. The van der Waals surface area contributed by atoms with Crippen molar-refractivity contribution in [2.24, 2.45) is 0 Å². The molecule has 2 heterocycles. The Morgan fingerprint density at radius 3 is 3.00 bits per heavy atom. The van der Waals surface area contributed by atoms with Gasteiger partial charge in [-0.05, 0) is 26.3 Å². The molecule has 1 aromatic rings. The van der Waals surface area contributed by atoms with E-state index in [0.29, 0.717) is 13.2 Å². The Kier molecular flexibility index (Phi) is 5.09. The quantitative estimate of drug-likeness (QED) is 0.612. The summed E-state index contributed by atoms with van der Waals surface area (Å²) in [5.74, 6) is 0.721. The van der Waals surface area contributed by atoms with E-state index >= 15 is 0 Å². The van der Waals surface area contributed by atoms with Crippen LogP contribution in [-0.4, -0.2) is 42.9 Å². The molecule has 1 unspecified atom stereocenters. The molecule has 2 aliphatic heterocycles. The Balaban J connectivity index is 1.74. The van der Waals surface area contributed by atoms with E-state index in [1.807, 2.05) is 7.05 Å². The standard InChI is InChI=1S/C16H22N2O5/c1-17(9-15-4-2-3-5-22-15)8-12-6-14(18(19)20)7-13-10-21-11-23-16(12)13/h6-7,15H,2-5,8-11H2,1H3. The first-order valence-electron chi connectivity index (χ1n) is 7.94. The summed E-state index contributed by atoms with van der Waals surface area (Å²) in [6.07, 6.45) is 3.65. The van der Waals surface area contributed by atoms with Crippen LogP contribution in [0.15, 0.2) is 12.1 Å². The number of nitro benzene ring substituents is 1. The third kappa shape index (κ3) is 3.99. The first kappa shape index (κ1) is 16.2. The first-order chi connectivity index (χ1) is 11.1. The van der Waals surface area contributed by atoms with Gasteiger partial charge in [0, 0.05) is 43.0 Å². The van der Waals surface area contributed by atoms with Gasteiger partial charge in [-0.15, -0.1) is 0 Å². The second-order valence-corrected chi connectivity index (χ2v) is 6.15. The maximum absolute atomic E-state index is 11.1. The van der Waals surface area contributed by atoms with Crippen LogP contribution in [0.25, 0.3) is 0 Å². The number of likely N-dealkylation sites (N-methyl/N-ethyl adjacent to an activating group) is 1. The molecule has 0 aliphatic carbocycles. The summed E-state index contributed by atoms with van der Waals surface area (Å²) < 4.78 is 16.6. The van der Waals surface area contributed by atoms with Gasteiger partial charge in [-0.3, -0.25) is 15.0 Å². The van der Waals surface area contributed by atoms with Crippen molar-refractivity contribution in [3.8, 4) is 5.75 Å². The minimum atomic E-state index is -0.372. The number of fused-ring (bicyclic) bond motifs is 1. The summed E-state index contributed by atoms with van der Waals surface area (Å²) >= 11 is 0. The van der Waals surface area contributed by atoms with E-state index in [0.717, 1.165) is 42.9 Å². The molecule has 23 heavy (non-hydrogen) atoms. The third-order valence-corrected chi connectivity index (χ3v) is 4.21. The Hall–Kier alpha value is -1.70. The topological polar surface area (TPSA) is 74.1 Å². The minimum absolute atomic E-state index is 0.0789. The number of rotatable bonds is 5. The lowest BCUT2D eigenvalue weighted by molar-refractivity contribution is -0.385. The van der Waals surface area contributed by atoms with Crippen molar-refractivity contribution in [2.45, 2.75) is 38.5 Å². The van der Waals surface area contributed by atoms with Crippen molar-refractivity contribution in [2.75, 3.05) is 27.0 Å². The maximum Gasteiger partial charge on any atom is 0.270 e. The zero-order chi connectivity index (χ0) is 16.2. The van der Waals surface area contributed by atoms with Crippen molar-refractivity contribution in [1.82, 2.24) is 4.90 Å². The Morgan fingerprint density at radius 1 is 1.39 bits per heavy atom. The molecule has 1 saturated heterocycles. The normalized spacial score (nSPS) is 20.9. The molecule has 3 rings (SSSR count). The van der Waals surface area contributed by atoms with Crippen LogP contribution in [0.3, 0.4) is 0 Å². The van der Waals surface area contributed by atoms with Gasteiger partial charge < -0.3 is 14.2 Å². The van der Waals surface area contributed by atoms with Crippen molar-refractivity contribution < 1.29 is 19.1 Å². The minimum Gasteiger partial charge on any atom is -0.467 e. The van der Waals surface area contributed by atoms with E-state index < -0.39 is 0 Å². The van der Waals surface area contributed by atoms with Gasteiger partial charge in [-0.1, -0.05) is 0 Å². The van der Waals surface area contributed by atoms with Crippen LogP contribution < -0.4 is 4.74 Å². The van der Waals surface area contributed by atoms with Gasteiger partial charge in [0.25, 0.3) is 5.69 Å². The molecule has 1 aromatic carbocycles. The molecule has 7 heteroatoms. The maximum atomic E-state index is 11.1. The zero-order valence-corrected chi connectivity index (χ0v) is 13.3. The number of non-ortho nitro benzene ring substituents is 1. The van der Waals surface area contributed by atoms with Crippen LogP contribution >= 0.6 is 0 Å². The lowest BCUT2D eigenvalue weighted by Crippen LogP contribution is -2.33. The van der Waals surface area contributed by atoms with Crippen LogP contribution in [0.2, 0.25) is 0 Å². The zero-order valence-electron chi connectivity index (χ0n) is 13.3. The summed E-state index contributed by atoms with van der Waals surface area (Å²) in [5, 5.41) is 11.1. The predicted octanol–water partition coefficient (Wildman–Crippen LogP) is 2.46. The van der Waals surface area contributed by atoms with Crippen LogP contribution in [-0.2, 0) is 22.6 Å². The molecule has 0 aromatic heterocycles. The highest BCUT2D eigenvalue weighted by Gasteiger charge is 2.23. The van der Waals surface area contributed by atoms with Gasteiger partial charge in [0.2, 0.25) is 0 Å². The van der Waals surface area contributed by atoms with E-state index in [1.54, 1.807) is 6.07 Å². The van der Waals surface area contributed by atoms with Gasteiger partial charge in [-0.25, -0.2) is 0 Å². The van der Waals surface area contributed by atoms with Crippen LogP contribution in [0.5, 0.6) is 5.75 Å². The van der Waals surface area contributed by atoms with E-state index in [9.17, 15) is 10.1 Å². The van der Waals surface area contributed by atoms with Gasteiger partial charge in [0.1, 0.15) is 5.75 Å². The molecule has 1 fully saturated rings. The van der Waals surface area contributed by atoms with Crippen LogP contribution in [0.1, 0.15) is 30.4 Å². The SMILES string of the molecule is CN(Cc1cc([N+](=O)[O-])cc2c1OCOC2)CC1CCCCO1. The number of benzene rings is 1. The molecule has 2 aliphatic rings. The van der Waals surface area contributed by atoms with Gasteiger partial charge in [-0.2, -0.15) is 0 Å². The lowest BCUT2D eigenvalue weighted by atomic mass is 10.1. The van der Waals surface area contributed by atoms with Gasteiger partial charge in [0.05, 0.1) is 17.6 Å². The molecule has 126 valence electrons. The Morgan fingerprint density at radius 2 is 2.26 bits per heavy atom. The average Bonchev–Trinajstić information content (AvgIpc) is 2.55. The second kappa shape index (κ2) is 7.25. The highest BCUT2D eigenvalue weighted by Crippen LogP contribution is 2.33. The molecule has 0 spiro atoms. The second-order valence-electron chi connectivity index (χ2n) is 6.15. The summed E-state index contributed by atoms with van der Waals surface area (Å²) in [6.45, 7) is 2.76. The molecule has 0 amide bonds. The molecular weight excluding hydrogens is 300 g/mol. The smallest absolute Gasteiger partial charge is 0.270 e. The molecule has 7 nitrogen and oxygen atoms in total. The van der Waals surface area contributed by atoms with E-state index in [-0.39, 0.29) is 23.5 Å². The molecule has 0 saturated carbocycles. The van der Waals surface area contributed by atoms with Crippen LogP contribution in [0, 0.1) is 10.1 Å². The summed E-state index contributed by atoms with van der Waals surface area (Å²) in [4.78, 5) is 12.9. The summed E-state index contributed by atoms with van der Waals surface area (Å²) in [6, 6.07) is 3.13. The Labute approximate surface area is 135 Å². The number of ether oxygens (including phenoxy) is 3. The predicted molar refractivity (Wildman–Crippen MR) is 83.3 cm³/mol. The van der Waals surface area contributed by atoms with E-state index in [4.69, 9.17) is 14.2 Å². The average molecular weight is 322 g/mol. The summed E-state index contributed by atoms with van der Waals surface area (Å²) in [5.41, 5.74) is 1.65. The van der Waals surface area contributed by atoms with E-state index in [1.165, 1.54) is 12.5 Å². The largest absolute Gasteiger partial charge is 0.467 e. The van der Waals surface area contributed by atoms with E-state index in [2.05, 4.69) is 4.90 Å². The van der Waals surface area contributed by atoms with Crippen molar-refractivity contribution in [1.29, 1.82) is 0 Å². The fourth-order valence-electron chi connectivity index (χ4n) is 3.16.